The van der Waals surface area contributed by atoms with E-state index in [4.69, 9.17) is 5.73 Å². The molecule has 0 aliphatic rings. The molecule has 0 radical (unpaired) electrons. The molecule has 7 heteroatoms. The van der Waals surface area contributed by atoms with Gasteiger partial charge in [-0.25, -0.2) is 8.78 Å². The highest BCUT2D eigenvalue weighted by atomic mass is 127. The minimum atomic E-state index is -1.00. The first-order valence-electron chi connectivity index (χ1n) is 6.66. The van der Waals surface area contributed by atoms with E-state index in [9.17, 15) is 18.4 Å². The van der Waals surface area contributed by atoms with Gasteiger partial charge in [-0.1, -0.05) is 12.1 Å². The molecule has 2 rings (SSSR count). The van der Waals surface area contributed by atoms with Crippen LogP contribution in [0.25, 0.3) is 0 Å². The summed E-state index contributed by atoms with van der Waals surface area (Å²) in [5.74, 6) is -3.35. The second kappa shape index (κ2) is 7.49. The van der Waals surface area contributed by atoms with Crippen molar-refractivity contribution in [1.29, 1.82) is 0 Å². The number of carbonyl (C=O) groups excluding carboxylic acids is 2. The molecule has 2 aromatic rings. The first-order valence-corrected chi connectivity index (χ1v) is 7.74. The lowest BCUT2D eigenvalue weighted by Gasteiger charge is -2.16. The quantitative estimate of drug-likeness (QED) is 0.716. The van der Waals surface area contributed by atoms with E-state index in [0.717, 1.165) is 21.3 Å². The highest BCUT2D eigenvalue weighted by Crippen LogP contribution is 2.12. The molecule has 0 aliphatic heterocycles. The van der Waals surface area contributed by atoms with Gasteiger partial charge in [0, 0.05) is 16.1 Å². The maximum Gasteiger partial charge on any atom is 0.254 e. The number of hydrogen-bond donors (Lipinski definition) is 2. The summed E-state index contributed by atoms with van der Waals surface area (Å²) in [7, 11) is 0. The number of amides is 2. The highest BCUT2D eigenvalue weighted by molar-refractivity contribution is 14.1. The molecule has 1 atom stereocenters. The number of rotatable bonds is 5. The van der Waals surface area contributed by atoms with E-state index in [0.29, 0.717) is 6.07 Å². The Morgan fingerprint density at radius 1 is 1.17 bits per heavy atom. The molecule has 0 spiro atoms. The lowest BCUT2D eigenvalue weighted by atomic mass is 10.0. The molecule has 0 aliphatic carbocycles. The second-order valence-corrected chi connectivity index (χ2v) is 6.13. The lowest BCUT2D eigenvalue weighted by molar-refractivity contribution is -0.119. The van der Waals surface area contributed by atoms with Gasteiger partial charge in [-0.15, -0.1) is 0 Å². The van der Waals surface area contributed by atoms with Crippen LogP contribution in [0.4, 0.5) is 8.78 Å². The molecule has 4 nitrogen and oxygen atoms in total. The average molecular weight is 430 g/mol. The molecule has 23 heavy (non-hydrogen) atoms. The van der Waals surface area contributed by atoms with Gasteiger partial charge in [0.1, 0.15) is 17.7 Å². The normalized spacial score (nSPS) is 11.8. The largest absolute Gasteiger partial charge is 0.368 e. The average Bonchev–Trinajstić information content (AvgIpc) is 2.46. The lowest BCUT2D eigenvalue weighted by Crippen LogP contribution is -2.46. The molecule has 3 N–H and O–H groups in total. The molecule has 120 valence electrons. The predicted molar refractivity (Wildman–Crippen MR) is 89.7 cm³/mol. The van der Waals surface area contributed by atoms with E-state index >= 15 is 0 Å². The van der Waals surface area contributed by atoms with Crippen molar-refractivity contribution in [2.24, 2.45) is 5.73 Å². The van der Waals surface area contributed by atoms with Gasteiger partial charge in [0.2, 0.25) is 5.91 Å². The second-order valence-electron chi connectivity index (χ2n) is 4.89. The molecular weight excluding hydrogens is 417 g/mol. The Kier molecular flexibility index (Phi) is 5.64. The third kappa shape index (κ3) is 4.72. The smallest absolute Gasteiger partial charge is 0.254 e. The van der Waals surface area contributed by atoms with Crippen molar-refractivity contribution in [2.45, 2.75) is 12.5 Å². The van der Waals surface area contributed by atoms with E-state index in [1.54, 1.807) is 6.07 Å². The summed E-state index contributed by atoms with van der Waals surface area (Å²) in [6.45, 7) is 0. The Bertz CT molecular complexity index is 753. The summed E-state index contributed by atoms with van der Waals surface area (Å²) in [4.78, 5) is 23.6. The minimum Gasteiger partial charge on any atom is -0.368 e. The van der Waals surface area contributed by atoms with Crippen LogP contribution in [0.1, 0.15) is 15.9 Å². The van der Waals surface area contributed by atoms with Crippen LogP contribution < -0.4 is 11.1 Å². The van der Waals surface area contributed by atoms with Gasteiger partial charge in [-0.2, -0.15) is 0 Å². The molecule has 0 unspecified atom stereocenters. The number of nitrogens with one attached hydrogen (secondary N) is 1. The van der Waals surface area contributed by atoms with E-state index in [-0.39, 0.29) is 12.0 Å². The van der Waals surface area contributed by atoms with Crippen LogP contribution in [-0.4, -0.2) is 17.9 Å². The fourth-order valence-corrected chi connectivity index (χ4v) is 2.64. The summed E-state index contributed by atoms with van der Waals surface area (Å²) >= 11 is 2.12. The molecule has 0 saturated heterocycles. The molecule has 0 aromatic heterocycles. The van der Waals surface area contributed by atoms with E-state index in [1.807, 2.05) is 18.2 Å². The first-order chi connectivity index (χ1) is 10.9. The molecule has 0 bridgehead atoms. The first kappa shape index (κ1) is 17.3. The summed E-state index contributed by atoms with van der Waals surface area (Å²) < 4.78 is 27.5. The topological polar surface area (TPSA) is 72.2 Å². The van der Waals surface area contributed by atoms with Gasteiger partial charge in [0.25, 0.3) is 5.91 Å². The maximum absolute atomic E-state index is 13.6. The molecular formula is C16H13F2IN2O2. The van der Waals surface area contributed by atoms with E-state index < -0.39 is 29.5 Å². The zero-order valence-electron chi connectivity index (χ0n) is 11.9. The Morgan fingerprint density at radius 2 is 1.91 bits per heavy atom. The monoisotopic (exact) mass is 430 g/mol. The summed E-state index contributed by atoms with van der Waals surface area (Å²) in [5, 5.41) is 2.38. The van der Waals surface area contributed by atoms with Gasteiger partial charge < -0.3 is 11.1 Å². The van der Waals surface area contributed by atoms with Gasteiger partial charge >= 0.3 is 0 Å². The standard InChI is InChI=1S/C16H13F2IN2O2/c17-10-4-5-12(13(18)8-10)16(23)21-14(15(20)22)7-9-2-1-3-11(19)6-9/h1-6,8,14H,7H2,(H2,20,22)(H,21,23)/t14-/m0/s1. The van der Waals surface area contributed by atoms with Crippen molar-refractivity contribution in [3.8, 4) is 0 Å². The Morgan fingerprint density at radius 3 is 2.52 bits per heavy atom. The van der Waals surface area contributed by atoms with Gasteiger partial charge in [-0.3, -0.25) is 9.59 Å². The predicted octanol–water partition coefficient (Wildman–Crippen LogP) is 2.40. The summed E-state index contributed by atoms with van der Waals surface area (Å²) in [5.41, 5.74) is 5.76. The third-order valence-corrected chi connectivity index (χ3v) is 3.82. The van der Waals surface area contributed by atoms with Crippen LogP contribution in [0.15, 0.2) is 42.5 Å². The van der Waals surface area contributed by atoms with Crippen molar-refractivity contribution in [2.75, 3.05) is 0 Å². The zero-order chi connectivity index (χ0) is 17.0. The highest BCUT2D eigenvalue weighted by Gasteiger charge is 2.21. The maximum atomic E-state index is 13.6. The van der Waals surface area contributed by atoms with E-state index in [2.05, 4.69) is 27.9 Å². The number of primary amides is 1. The molecule has 0 heterocycles. The van der Waals surface area contributed by atoms with Crippen LogP contribution in [0.2, 0.25) is 0 Å². The van der Waals surface area contributed by atoms with Crippen molar-refractivity contribution in [3.63, 3.8) is 0 Å². The van der Waals surface area contributed by atoms with E-state index in [1.165, 1.54) is 0 Å². The molecule has 2 aromatic carbocycles. The molecule has 0 saturated carbocycles. The van der Waals surface area contributed by atoms with Crippen LogP contribution in [0.3, 0.4) is 0 Å². The number of nitrogens with two attached hydrogens (primary N) is 1. The SMILES string of the molecule is NC(=O)[C@H](Cc1cccc(I)c1)NC(=O)c1ccc(F)cc1F. The number of benzene rings is 2. The van der Waals surface area contributed by atoms with Gasteiger partial charge in [0.15, 0.2) is 0 Å². The fourth-order valence-electron chi connectivity index (χ4n) is 2.03. The van der Waals surface area contributed by atoms with Gasteiger partial charge in [0.05, 0.1) is 5.56 Å². The van der Waals surface area contributed by atoms with Crippen molar-refractivity contribution in [3.05, 3.63) is 68.8 Å². The van der Waals surface area contributed by atoms with Crippen LogP contribution >= 0.6 is 22.6 Å². The Balaban J connectivity index is 2.16. The van der Waals surface area contributed by atoms with Crippen molar-refractivity contribution >= 4 is 34.4 Å². The minimum absolute atomic E-state index is 0.181. The number of hydrogen-bond acceptors (Lipinski definition) is 2. The zero-order valence-corrected chi connectivity index (χ0v) is 14.0. The summed E-state index contributed by atoms with van der Waals surface area (Å²) in [6, 6.07) is 8.94. The Labute approximate surface area is 145 Å². The van der Waals surface area contributed by atoms with Gasteiger partial charge in [-0.05, 0) is 52.4 Å². The third-order valence-electron chi connectivity index (χ3n) is 3.15. The van der Waals surface area contributed by atoms with Crippen LogP contribution in [0, 0.1) is 15.2 Å². The Hall–Kier alpha value is -2.03. The van der Waals surface area contributed by atoms with Crippen LogP contribution in [-0.2, 0) is 11.2 Å². The van der Waals surface area contributed by atoms with Crippen molar-refractivity contribution in [1.82, 2.24) is 5.32 Å². The molecule has 0 fully saturated rings. The summed E-state index contributed by atoms with van der Waals surface area (Å²) in [6.07, 6.45) is 0.181. The fraction of sp³-hybridized carbons (Fsp3) is 0.125. The number of halogens is 3. The van der Waals surface area contributed by atoms with Crippen molar-refractivity contribution < 1.29 is 18.4 Å². The van der Waals surface area contributed by atoms with Crippen LogP contribution in [0.5, 0.6) is 0 Å². The molecule has 2 amide bonds. The number of carbonyl (C=O) groups is 2.